The van der Waals surface area contributed by atoms with Crippen LogP contribution in [0.3, 0.4) is 0 Å². The van der Waals surface area contributed by atoms with Gasteiger partial charge < -0.3 is 9.84 Å². The Labute approximate surface area is 118 Å². The third-order valence-electron chi connectivity index (χ3n) is 2.34. The fraction of sp³-hybridized carbons (Fsp3) is 0.500. The summed E-state index contributed by atoms with van der Waals surface area (Å²) < 4.78 is 30.9. The standard InChI is InChI=1S/C12H18N2O5S/c1-9(2)19-5-6-20(17,18)14-8-11-7-10(12(15)16)3-4-13-11/h3-4,7,9,14H,5-6,8H2,1-2H3,(H,15,16). The lowest BCUT2D eigenvalue weighted by molar-refractivity contribution is 0.0696. The number of aromatic carboxylic acids is 1. The minimum absolute atomic E-state index is 0.0286. The highest BCUT2D eigenvalue weighted by Gasteiger charge is 2.11. The predicted octanol–water partition coefficient (Wildman–Crippen LogP) is 0.624. The van der Waals surface area contributed by atoms with Crippen LogP contribution < -0.4 is 4.72 Å². The number of aromatic nitrogens is 1. The predicted molar refractivity (Wildman–Crippen MR) is 72.9 cm³/mol. The Kier molecular flexibility index (Phi) is 6.05. The van der Waals surface area contributed by atoms with E-state index in [0.717, 1.165) is 0 Å². The normalized spacial score (nSPS) is 11.8. The zero-order valence-corrected chi connectivity index (χ0v) is 12.2. The summed E-state index contributed by atoms with van der Waals surface area (Å²) in [6.07, 6.45) is 1.30. The molecule has 0 aliphatic heterocycles. The zero-order valence-electron chi connectivity index (χ0n) is 11.4. The van der Waals surface area contributed by atoms with E-state index in [0.29, 0.717) is 5.69 Å². The second-order valence-corrected chi connectivity index (χ2v) is 6.33. The molecule has 0 unspecified atom stereocenters. The van der Waals surface area contributed by atoms with Crippen LogP contribution in [0.4, 0.5) is 0 Å². The molecule has 1 rings (SSSR count). The van der Waals surface area contributed by atoms with Crippen LogP contribution in [-0.2, 0) is 21.3 Å². The topological polar surface area (TPSA) is 106 Å². The van der Waals surface area contributed by atoms with Crippen molar-refractivity contribution in [2.24, 2.45) is 0 Å². The van der Waals surface area contributed by atoms with Crippen molar-refractivity contribution in [1.29, 1.82) is 0 Å². The Morgan fingerprint density at radius 3 is 2.80 bits per heavy atom. The van der Waals surface area contributed by atoms with Crippen LogP contribution in [0.5, 0.6) is 0 Å². The molecule has 8 heteroatoms. The van der Waals surface area contributed by atoms with Gasteiger partial charge in [0.05, 0.1) is 36.3 Å². The van der Waals surface area contributed by atoms with E-state index in [9.17, 15) is 13.2 Å². The number of ether oxygens (including phenoxy) is 1. The quantitative estimate of drug-likeness (QED) is 0.729. The highest BCUT2D eigenvalue weighted by molar-refractivity contribution is 7.89. The molecule has 112 valence electrons. The summed E-state index contributed by atoms with van der Waals surface area (Å²) in [7, 11) is -3.47. The highest BCUT2D eigenvalue weighted by Crippen LogP contribution is 2.02. The summed E-state index contributed by atoms with van der Waals surface area (Å²) >= 11 is 0. The SMILES string of the molecule is CC(C)OCCS(=O)(=O)NCc1cc(C(=O)O)ccn1. The van der Waals surface area contributed by atoms with Crippen LogP contribution in [0.1, 0.15) is 29.9 Å². The summed E-state index contributed by atoms with van der Waals surface area (Å²) in [5.41, 5.74) is 0.413. The largest absolute Gasteiger partial charge is 0.478 e. The van der Waals surface area contributed by atoms with E-state index in [2.05, 4.69) is 9.71 Å². The monoisotopic (exact) mass is 302 g/mol. The molecule has 0 atom stereocenters. The molecule has 0 bridgehead atoms. The van der Waals surface area contributed by atoms with Gasteiger partial charge in [0.1, 0.15) is 0 Å². The molecule has 0 radical (unpaired) electrons. The molecule has 0 aliphatic rings. The molecule has 7 nitrogen and oxygen atoms in total. The molecule has 1 aromatic rings. The maximum absolute atomic E-state index is 11.7. The summed E-state index contributed by atoms with van der Waals surface area (Å²) in [5.74, 6) is -1.23. The number of hydrogen-bond donors (Lipinski definition) is 2. The zero-order chi connectivity index (χ0) is 15.2. The first kappa shape index (κ1) is 16.5. The van der Waals surface area contributed by atoms with Crippen molar-refractivity contribution in [3.8, 4) is 0 Å². The molecule has 0 spiro atoms. The van der Waals surface area contributed by atoms with E-state index in [1.807, 2.05) is 13.8 Å². The van der Waals surface area contributed by atoms with Crippen molar-refractivity contribution < 1.29 is 23.1 Å². The van der Waals surface area contributed by atoms with Crippen molar-refractivity contribution >= 4 is 16.0 Å². The van der Waals surface area contributed by atoms with Gasteiger partial charge in [-0.05, 0) is 26.0 Å². The van der Waals surface area contributed by atoms with Gasteiger partial charge in [0, 0.05) is 6.20 Å². The molecule has 0 aliphatic carbocycles. The van der Waals surface area contributed by atoms with Gasteiger partial charge in [-0.1, -0.05) is 0 Å². The summed E-state index contributed by atoms with van der Waals surface area (Å²) in [6.45, 7) is 3.70. The maximum atomic E-state index is 11.7. The number of hydrogen-bond acceptors (Lipinski definition) is 5. The van der Waals surface area contributed by atoms with Crippen molar-refractivity contribution in [3.63, 3.8) is 0 Å². The lowest BCUT2D eigenvalue weighted by atomic mass is 10.2. The van der Waals surface area contributed by atoms with Gasteiger partial charge in [0.25, 0.3) is 0 Å². The van der Waals surface area contributed by atoms with Crippen LogP contribution in [0.15, 0.2) is 18.3 Å². The van der Waals surface area contributed by atoms with Gasteiger partial charge in [-0.15, -0.1) is 0 Å². The smallest absolute Gasteiger partial charge is 0.335 e. The van der Waals surface area contributed by atoms with Crippen LogP contribution >= 0.6 is 0 Å². The number of nitrogens with one attached hydrogen (secondary N) is 1. The Hall–Kier alpha value is -1.51. The van der Waals surface area contributed by atoms with Crippen LogP contribution in [-0.4, -0.2) is 42.9 Å². The van der Waals surface area contributed by atoms with Crippen LogP contribution in [0.2, 0.25) is 0 Å². The lowest BCUT2D eigenvalue weighted by Gasteiger charge is -2.09. The van der Waals surface area contributed by atoms with Gasteiger partial charge in [0.15, 0.2) is 0 Å². The number of carboxylic acid groups (broad SMARTS) is 1. The minimum Gasteiger partial charge on any atom is -0.478 e. The van der Waals surface area contributed by atoms with Crippen molar-refractivity contribution in [3.05, 3.63) is 29.6 Å². The van der Waals surface area contributed by atoms with Crippen molar-refractivity contribution in [2.45, 2.75) is 26.5 Å². The fourth-order valence-corrected chi connectivity index (χ4v) is 2.19. The Balaban J connectivity index is 2.53. The number of rotatable bonds is 8. The molecular weight excluding hydrogens is 284 g/mol. The number of carboxylic acids is 1. The third kappa shape index (κ3) is 6.09. The second kappa shape index (κ2) is 7.32. The van der Waals surface area contributed by atoms with Crippen molar-refractivity contribution in [2.75, 3.05) is 12.4 Å². The summed E-state index contributed by atoms with van der Waals surface area (Å²) in [6, 6.07) is 2.67. The van der Waals surface area contributed by atoms with E-state index in [4.69, 9.17) is 9.84 Å². The van der Waals surface area contributed by atoms with Gasteiger partial charge in [0.2, 0.25) is 10.0 Å². The average Bonchev–Trinajstić information content (AvgIpc) is 2.36. The van der Waals surface area contributed by atoms with E-state index < -0.39 is 16.0 Å². The Morgan fingerprint density at radius 1 is 1.50 bits per heavy atom. The van der Waals surface area contributed by atoms with Gasteiger partial charge in [-0.25, -0.2) is 17.9 Å². The molecule has 0 saturated carbocycles. The third-order valence-corrected chi connectivity index (χ3v) is 3.63. The molecule has 1 aromatic heterocycles. The fourth-order valence-electron chi connectivity index (χ4n) is 1.36. The number of pyridine rings is 1. The first-order chi connectivity index (χ1) is 9.30. The minimum atomic E-state index is -3.47. The Bertz CT molecular complexity index is 557. The van der Waals surface area contributed by atoms with E-state index in [1.54, 1.807) is 0 Å². The molecule has 0 fully saturated rings. The molecule has 1 heterocycles. The summed E-state index contributed by atoms with van der Waals surface area (Å²) in [4.78, 5) is 14.7. The lowest BCUT2D eigenvalue weighted by Crippen LogP contribution is -2.29. The highest BCUT2D eigenvalue weighted by atomic mass is 32.2. The molecule has 20 heavy (non-hydrogen) atoms. The summed E-state index contributed by atoms with van der Waals surface area (Å²) in [5, 5.41) is 8.82. The number of nitrogens with zero attached hydrogens (tertiary/aromatic N) is 1. The first-order valence-corrected chi connectivity index (χ1v) is 7.72. The van der Waals surface area contributed by atoms with E-state index in [-0.39, 0.29) is 30.6 Å². The van der Waals surface area contributed by atoms with Crippen molar-refractivity contribution in [1.82, 2.24) is 9.71 Å². The van der Waals surface area contributed by atoms with Gasteiger partial charge in [-0.2, -0.15) is 0 Å². The maximum Gasteiger partial charge on any atom is 0.335 e. The average molecular weight is 302 g/mol. The molecule has 0 saturated heterocycles. The van der Waals surface area contributed by atoms with Gasteiger partial charge >= 0.3 is 5.97 Å². The molecule has 0 aromatic carbocycles. The number of sulfonamides is 1. The van der Waals surface area contributed by atoms with Crippen LogP contribution in [0.25, 0.3) is 0 Å². The molecular formula is C12H18N2O5S. The Morgan fingerprint density at radius 2 is 2.20 bits per heavy atom. The van der Waals surface area contributed by atoms with Crippen LogP contribution in [0, 0.1) is 0 Å². The molecule has 0 amide bonds. The first-order valence-electron chi connectivity index (χ1n) is 6.07. The number of carbonyl (C=O) groups is 1. The van der Waals surface area contributed by atoms with E-state index >= 15 is 0 Å². The second-order valence-electron chi connectivity index (χ2n) is 4.40. The molecule has 2 N–H and O–H groups in total. The van der Waals surface area contributed by atoms with E-state index in [1.165, 1.54) is 18.3 Å². The van der Waals surface area contributed by atoms with Gasteiger partial charge in [-0.3, -0.25) is 4.98 Å².